The average molecular weight is 817 g/mol. The first-order valence-electron chi connectivity index (χ1n) is 22.1. The molecule has 2 aliphatic rings. The van der Waals surface area contributed by atoms with Gasteiger partial charge in [-0.3, -0.25) is 0 Å². The standard InChI is InChI=1S/C60H40N4/c1-3-17-39(18-4-1)46-23-11-12-26-49(46)55-38-54(61-60(62-55)42-21-5-2-6-22-42)43-35-44(63-56-29-15-13-27-50(56)52-33-31-40-19-7-9-24-47(40)58(52)63)37-45(36-43)64-57-30-16-14-28-51(57)53-34-32-41-20-8-10-25-48(41)59(53)64/h1-38,40,47H. The van der Waals surface area contributed by atoms with Crippen LogP contribution in [0.2, 0.25) is 0 Å². The van der Waals surface area contributed by atoms with Gasteiger partial charge in [0.25, 0.3) is 0 Å². The Morgan fingerprint density at radius 1 is 0.406 bits per heavy atom. The quantitative estimate of drug-likeness (QED) is 0.168. The zero-order valence-electron chi connectivity index (χ0n) is 34.9. The number of fused-ring (bicyclic) bond motifs is 10. The van der Waals surface area contributed by atoms with Crippen LogP contribution in [0, 0.1) is 5.92 Å². The van der Waals surface area contributed by atoms with E-state index in [0.29, 0.717) is 5.82 Å². The van der Waals surface area contributed by atoms with Crippen molar-refractivity contribution in [2.24, 2.45) is 5.92 Å². The predicted octanol–water partition coefficient (Wildman–Crippen LogP) is 15.2. The predicted molar refractivity (Wildman–Crippen MR) is 266 cm³/mol. The SMILES string of the molecule is C1=CC2C=Cc3c(n(-c4cc(-c5cc(-c6ccccc6-c6ccccc6)nc(-c6ccccc6)n5)cc(-n5c6ccccc6c6ccc7ccccc7c65)c4)c4ccccc34)C2C=C1. The summed E-state index contributed by atoms with van der Waals surface area (Å²) in [6.07, 6.45) is 13.8. The molecule has 300 valence electrons. The lowest BCUT2D eigenvalue weighted by Gasteiger charge is -2.28. The van der Waals surface area contributed by atoms with Crippen LogP contribution in [-0.2, 0) is 0 Å². The van der Waals surface area contributed by atoms with Crippen molar-refractivity contribution in [3.8, 4) is 56.4 Å². The fourth-order valence-electron chi connectivity index (χ4n) is 10.4. The maximum atomic E-state index is 5.48. The van der Waals surface area contributed by atoms with Gasteiger partial charge in [0.1, 0.15) is 0 Å². The van der Waals surface area contributed by atoms with Gasteiger partial charge in [0.05, 0.1) is 27.9 Å². The molecule has 0 N–H and O–H groups in total. The number of rotatable bonds is 6. The number of hydrogen-bond donors (Lipinski definition) is 0. The van der Waals surface area contributed by atoms with E-state index in [2.05, 4.69) is 234 Å². The Kier molecular flexibility index (Phi) is 8.31. The van der Waals surface area contributed by atoms with E-state index >= 15 is 0 Å². The molecule has 3 heterocycles. The molecule has 8 aromatic carbocycles. The van der Waals surface area contributed by atoms with Crippen molar-refractivity contribution in [1.82, 2.24) is 19.1 Å². The fraction of sp³-hybridized carbons (Fsp3) is 0.0333. The first-order valence-corrected chi connectivity index (χ1v) is 22.1. The molecule has 0 fully saturated rings. The third-order valence-electron chi connectivity index (χ3n) is 13.3. The van der Waals surface area contributed by atoms with E-state index in [1.807, 2.05) is 6.07 Å². The summed E-state index contributed by atoms with van der Waals surface area (Å²) in [5, 5.41) is 6.12. The topological polar surface area (TPSA) is 35.6 Å². The van der Waals surface area contributed by atoms with Crippen LogP contribution in [0.25, 0.3) is 106 Å². The number of benzene rings is 8. The van der Waals surface area contributed by atoms with Crippen molar-refractivity contribution in [1.29, 1.82) is 0 Å². The molecule has 2 atom stereocenters. The monoisotopic (exact) mass is 816 g/mol. The molecule has 2 unspecified atom stereocenters. The van der Waals surface area contributed by atoms with Gasteiger partial charge in [0, 0.05) is 72.7 Å². The van der Waals surface area contributed by atoms with E-state index in [1.54, 1.807) is 0 Å². The Morgan fingerprint density at radius 2 is 1.03 bits per heavy atom. The highest BCUT2D eigenvalue weighted by Gasteiger charge is 2.31. The zero-order valence-corrected chi connectivity index (χ0v) is 34.9. The Bertz CT molecular complexity index is 3730. The van der Waals surface area contributed by atoms with Crippen LogP contribution in [0.4, 0.5) is 0 Å². The summed E-state index contributed by atoms with van der Waals surface area (Å²) >= 11 is 0. The molecule has 4 heteroatoms. The van der Waals surface area contributed by atoms with Gasteiger partial charge >= 0.3 is 0 Å². The van der Waals surface area contributed by atoms with Gasteiger partial charge in [-0.25, -0.2) is 9.97 Å². The Morgan fingerprint density at radius 3 is 1.84 bits per heavy atom. The van der Waals surface area contributed by atoms with Crippen LogP contribution >= 0.6 is 0 Å². The summed E-state index contributed by atoms with van der Waals surface area (Å²) in [5.41, 5.74) is 15.3. The van der Waals surface area contributed by atoms with Gasteiger partial charge in [-0.05, 0) is 52.9 Å². The number of para-hydroxylation sites is 2. The van der Waals surface area contributed by atoms with Crippen molar-refractivity contribution < 1.29 is 0 Å². The third kappa shape index (κ3) is 5.76. The summed E-state index contributed by atoms with van der Waals surface area (Å²) in [7, 11) is 0. The summed E-state index contributed by atoms with van der Waals surface area (Å²) in [6.45, 7) is 0. The summed E-state index contributed by atoms with van der Waals surface area (Å²) in [6, 6.07) is 69.8. The Hall–Kier alpha value is -8.34. The van der Waals surface area contributed by atoms with E-state index in [0.717, 1.165) is 56.1 Å². The second kappa shape index (κ2) is 14.6. The third-order valence-corrected chi connectivity index (χ3v) is 13.3. The highest BCUT2D eigenvalue weighted by molar-refractivity contribution is 6.18. The van der Waals surface area contributed by atoms with Gasteiger partial charge in [0.2, 0.25) is 0 Å². The van der Waals surface area contributed by atoms with Gasteiger partial charge in [-0.1, -0.05) is 194 Å². The first kappa shape index (κ1) is 36.3. The average Bonchev–Trinajstić information content (AvgIpc) is 3.90. The lowest BCUT2D eigenvalue weighted by molar-refractivity contribution is 0.661. The number of aromatic nitrogens is 4. The molecule has 11 aromatic rings. The summed E-state index contributed by atoms with van der Waals surface area (Å²) in [5.74, 6) is 1.14. The molecular weight excluding hydrogens is 777 g/mol. The van der Waals surface area contributed by atoms with E-state index in [1.165, 1.54) is 49.2 Å². The minimum Gasteiger partial charge on any atom is -0.312 e. The molecule has 0 aliphatic heterocycles. The molecule has 3 aromatic heterocycles. The van der Waals surface area contributed by atoms with Gasteiger partial charge in [-0.15, -0.1) is 0 Å². The molecule has 64 heavy (non-hydrogen) atoms. The van der Waals surface area contributed by atoms with E-state index in [4.69, 9.17) is 9.97 Å². The van der Waals surface area contributed by atoms with E-state index in [9.17, 15) is 0 Å². The summed E-state index contributed by atoms with van der Waals surface area (Å²) < 4.78 is 5.01. The van der Waals surface area contributed by atoms with Crippen LogP contribution in [0.5, 0.6) is 0 Å². The van der Waals surface area contributed by atoms with Crippen LogP contribution in [0.15, 0.2) is 225 Å². The van der Waals surface area contributed by atoms with Crippen LogP contribution in [-0.4, -0.2) is 19.1 Å². The van der Waals surface area contributed by atoms with Crippen LogP contribution in [0.3, 0.4) is 0 Å². The molecule has 4 nitrogen and oxygen atoms in total. The lowest BCUT2D eigenvalue weighted by Crippen LogP contribution is -2.17. The first-order chi connectivity index (χ1) is 31.7. The molecule has 13 rings (SSSR count). The second-order valence-corrected chi connectivity index (χ2v) is 16.9. The molecule has 0 bridgehead atoms. The molecule has 0 spiro atoms. The molecular formula is C60H40N4. The van der Waals surface area contributed by atoms with Crippen molar-refractivity contribution in [3.05, 3.63) is 236 Å². The van der Waals surface area contributed by atoms with E-state index < -0.39 is 0 Å². The second-order valence-electron chi connectivity index (χ2n) is 16.9. The molecule has 2 aliphatic carbocycles. The Balaban J connectivity index is 1.14. The molecule has 0 saturated heterocycles. The van der Waals surface area contributed by atoms with Gasteiger partial charge in [-0.2, -0.15) is 0 Å². The highest BCUT2D eigenvalue weighted by Crippen LogP contribution is 2.46. The summed E-state index contributed by atoms with van der Waals surface area (Å²) in [4.78, 5) is 10.8. The highest BCUT2D eigenvalue weighted by atomic mass is 15.0. The Labute approximate surface area is 371 Å². The van der Waals surface area contributed by atoms with Gasteiger partial charge in [0.15, 0.2) is 5.82 Å². The van der Waals surface area contributed by atoms with Crippen molar-refractivity contribution in [3.63, 3.8) is 0 Å². The number of hydrogen-bond acceptors (Lipinski definition) is 2. The fourth-order valence-corrected chi connectivity index (χ4v) is 10.4. The maximum absolute atomic E-state index is 5.48. The maximum Gasteiger partial charge on any atom is 0.160 e. The van der Waals surface area contributed by atoms with Crippen molar-refractivity contribution >= 4 is 49.6 Å². The molecule has 0 radical (unpaired) electrons. The largest absolute Gasteiger partial charge is 0.312 e. The normalized spacial score (nSPS) is 15.3. The van der Waals surface area contributed by atoms with Crippen molar-refractivity contribution in [2.45, 2.75) is 5.92 Å². The lowest BCUT2D eigenvalue weighted by atomic mass is 9.80. The zero-order chi connectivity index (χ0) is 42.1. The minimum atomic E-state index is 0.187. The number of allylic oxidation sites excluding steroid dienone is 5. The van der Waals surface area contributed by atoms with E-state index in [-0.39, 0.29) is 11.8 Å². The van der Waals surface area contributed by atoms with Crippen LogP contribution < -0.4 is 0 Å². The van der Waals surface area contributed by atoms with Crippen molar-refractivity contribution in [2.75, 3.05) is 0 Å². The van der Waals surface area contributed by atoms with Gasteiger partial charge < -0.3 is 9.13 Å². The number of nitrogens with zero attached hydrogens (tertiary/aromatic N) is 4. The van der Waals surface area contributed by atoms with Crippen LogP contribution in [0.1, 0.15) is 17.2 Å². The molecule has 0 saturated carbocycles. The minimum absolute atomic E-state index is 0.187. The molecule has 0 amide bonds. The smallest absolute Gasteiger partial charge is 0.160 e.